The second kappa shape index (κ2) is 6.85. The molecule has 21 heavy (non-hydrogen) atoms. The van der Waals surface area contributed by atoms with Crippen LogP contribution in [0.3, 0.4) is 0 Å². The third kappa shape index (κ3) is 4.28. The summed E-state index contributed by atoms with van der Waals surface area (Å²) in [5, 5.41) is 4.73. The van der Waals surface area contributed by atoms with Crippen molar-refractivity contribution in [3.8, 4) is 0 Å². The first kappa shape index (κ1) is 15.0. The van der Waals surface area contributed by atoms with Crippen molar-refractivity contribution in [2.24, 2.45) is 5.73 Å². The van der Waals surface area contributed by atoms with E-state index in [1.54, 1.807) is 29.4 Å². The van der Waals surface area contributed by atoms with E-state index in [1.165, 1.54) is 17.1 Å². The summed E-state index contributed by atoms with van der Waals surface area (Å²) in [6, 6.07) is 6.89. The minimum atomic E-state index is -0.596. The number of hydrogen-bond acceptors (Lipinski definition) is 4. The Bertz CT molecular complexity index is 610. The van der Waals surface area contributed by atoms with Crippen molar-refractivity contribution >= 4 is 29.0 Å². The number of hydrogen-bond donors (Lipinski definition) is 2. The Morgan fingerprint density at radius 2 is 2.19 bits per heavy atom. The fourth-order valence-electron chi connectivity index (χ4n) is 1.67. The van der Waals surface area contributed by atoms with Crippen LogP contribution < -0.4 is 11.1 Å². The first-order valence-corrected chi connectivity index (χ1v) is 7.24. The number of primary amides is 1. The van der Waals surface area contributed by atoms with Crippen LogP contribution in [0.2, 0.25) is 0 Å². The van der Waals surface area contributed by atoms with E-state index in [9.17, 15) is 9.59 Å². The van der Waals surface area contributed by atoms with Gasteiger partial charge in [0.1, 0.15) is 5.69 Å². The number of carbonyl (C=O) groups is 2. The minimum Gasteiger partial charge on any atom is -0.364 e. The molecule has 110 valence electrons. The zero-order valence-corrected chi connectivity index (χ0v) is 12.4. The number of anilines is 1. The van der Waals surface area contributed by atoms with E-state index in [2.05, 4.69) is 10.3 Å². The molecule has 3 amide bonds. The first-order chi connectivity index (χ1) is 10.1. The van der Waals surface area contributed by atoms with Gasteiger partial charge in [-0.1, -0.05) is 6.07 Å². The number of urea groups is 1. The normalized spacial score (nSPS) is 10.1. The highest BCUT2D eigenvalue weighted by atomic mass is 32.1. The van der Waals surface area contributed by atoms with E-state index in [-0.39, 0.29) is 11.7 Å². The van der Waals surface area contributed by atoms with Gasteiger partial charge >= 0.3 is 6.03 Å². The molecule has 2 aromatic rings. The second-order valence-electron chi connectivity index (χ2n) is 4.48. The minimum absolute atomic E-state index is 0.166. The average molecular weight is 304 g/mol. The van der Waals surface area contributed by atoms with Crippen molar-refractivity contribution in [2.75, 3.05) is 18.9 Å². The zero-order chi connectivity index (χ0) is 15.2. The standard InChI is InChI=1S/C14H16N4O2S/c1-18(7-6-11-3-2-8-21-11)14(20)17-10-4-5-12(13(15)19)16-9-10/h2-5,8-9H,6-7H2,1H3,(H2,15,19)(H,17,20). The number of thiophene rings is 1. The summed E-state index contributed by atoms with van der Waals surface area (Å²) in [5.41, 5.74) is 5.79. The molecule has 0 aliphatic carbocycles. The SMILES string of the molecule is CN(CCc1cccs1)C(=O)Nc1ccc(C(N)=O)nc1. The van der Waals surface area contributed by atoms with Gasteiger partial charge < -0.3 is 16.0 Å². The van der Waals surface area contributed by atoms with Crippen LogP contribution in [0.15, 0.2) is 35.8 Å². The van der Waals surface area contributed by atoms with Crippen LogP contribution in [0.25, 0.3) is 0 Å². The number of rotatable bonds is 5. The highest BCUT2D eigenvalue weighted by Crippen LogP contribution is 2.10. The lowest BCUT2D eigenvalue weighted by Crippen LogP contribution is -2.32. The highest BCUT2D eigenvalue weighted by Gasteiger charge is 2.10. The van der Waals surface area contributed by atoms with Gasteiger partial charge in [0.15, 0.2) is 0 Å². The average Bonchev–Trinajstić information content (AvgIpc) is 2.98. The monoisotopic (exact) mass is 304 g/mol. The molecule has 3 N–H and O–H groups in total. The molecule has 0 unspecified atom stereocenters. The zero-order valence-electron chi connectivity index (χ0n) is 11.6. The smallest absolute Gasteiger partial charge is 0.321 e. The van der Waals surface area contributed by atoms with Crippen molar-refractivity contribution in [1.29, 1.82) is 0 Å². The number of aromatic nitrogens is 1. The van der Waals surface area contributed by atoms with Gasteiger partial charge in [-0.15, -0.1) is 11.3 Å². The first-order valence-electron chi connectivity index (χ1n) is 6.36. The van der Waals surface area contributed by atoms with Crippen molar-refractivity contribution in [3.63, 3.8) is 0 Å². The lowest BCUT2D eigenvalue weighted by atomic mass is 10.3. The van der Waals surface area contributed by atoms with Crippen LogP contribution in [-0.4, -0.2) is 35.4 Å². The maximum atomic E-state index is 12.0. The van der Waals surface area contributed by atoms with E-state index in [0.717, 1.165) is 6.42 Å². The van der Waals surface area contributed by atoms with Gasteiger partial charge in [-0.3, -0.25) is 4.79 Å². The molecule has 0 bridgehead atoms. The molecule has 0 aliphatic heterocycles. The van der Waals surface area contributed by atoms with E-state index >= 15 is 0 Å². The molecule has 0 aromatic carbocycles. The van der Waals surface area contributed by atoms with Crippen LogP contribution in [0.4, 0.5) is 10.5 Å². The maximum Gasteiger partial charge on any atom is 0.321 e. The fourth-order valence-corrected chi connectivity index (χ4v) is 2.36. The van der Waals surface area contributed by atoms with E-state index < -0.39 is 5.91 Å². The van der Waals surface area contributed by atoms with E-state index in [0.29, 0.717) is 12.2 Å². The molecule has 7 heteroatoms. The molecule has 0 fully saturated rings. The molecule has 2 heterocycles. The van der Waals surface area contributed by atoms with Crippen LogP contribution >= 0.6 is 11.3 Å². The highest BCUT2D eigenvalue weighted by molar-refractivity contribution is 7.09. The third-order valence-electron chi connectivity index (χ3n) is 2.89. The fraction of sp³-hybridized carbons (Fsp3) is 0.214. The quantitative estimate of drug-likeness (QED) is 0.885. The molecule has 0 saturated heterocycles. The van der Waals surface area contributed by atoms with Crippen LogP contribution in [0.5, 0.6) is 0 Å². The number of nitrogens with one attached hydrogen (secondary N) is 1. The maximum absolute atomic E-state index is 12.0. The van der Waals surface area contributed by atoms with Crippen molar-refractivity contribution in [2.45, 2.75) is 6.42 Å². The Kier molecular flexibility index (Phi) is 4.89. The van der Waals surface area contributed by atoms with Gasteiger partial charge in [0.05, 0.1) is 11.9 Å². The molecule has 2 rings (SSSR count). The summed E-state index contributed by atoms with van der Waals surface area (Å²) in [6.45, 7) is 0.624. The van der Waals surface area contributed by atoms with E-state index in [1.807, 2.05) is 17.5 Å². The molecule has 2 aromatic heterocycles. The number of nitrogens with zero attached hydrogens (tertiary/aromatic N) is 2. The number of amides is 3. The van der Waals surface area contributed by atoms with E-state index in [4.69, 9.17) is 5.73 Å². The summed E-state index contributed by atoms with van der Waals surface area (Å²) in [7, 11) is 1.73. The molecular weight excluding hydrogens is 288 g/mol. The largest absolute Gasteiger partial charge is 0.364 e. The molecule has 6 nitrogen and oxygen atoms in total. The number of carbonyl (C=O) groups excluding carboxylic acids is 2. The van der Waals surface area contributed by atoms with Crippen LogP contribution in [0, 0.1) is 0 Å². The molecule has 0 spiro atoms. The van der Waals surface area contributed by atoms with Crippen molar-refractivity contribution in [1.82, 2.24) is 9.88 Å². The predicted molar refractivity (Wildman–Crippen MR) is 82.4 cm³/mol. The second-order valence-corrected chi connectivity index (χ2v) is 5.51. The Morgan fingerprint density at radius 1 is 1.38 bits per heavy atom. The van der Waals surface area contributed by atoms with Crippen LogP contribution in [-0.2, 0) is 6.42 Å². The summed E-state index contributed by atoms with van der Waals surface area (Å²) in [4.78, 5) is 29.6. The van der Waals surface area contributed by atoms with Gasteiger partial charge in [0.25, 0.3) is 5.91 Å². The summed E-state index contributed by atoms with van der Waals surface area (Å²) in [6.07, 6.45) is 2.23. The van der Waals surface area contributed by atoms with Gasteiger partial charge in [-0.2, -0.15) is 0 Å². The van der Waals surface area contributed by atoms with Gasteiger partial charge in [-0.05, 0) is 30.0 Å². The Balaban J connectivity index is 1.86. The topological polar surface area (TPSA) is 88.3 Å². The Hall–Kier alpha value is -2.41. The Morgan fingerprint density at radius 3 is 2.76 bits per heavy atom. The predicted octanol–water partition coefficient (Wildman–Crippen LogP) is 1.95. The van der Waals surface area contributed by atoms with Gasteiger partial charge in [-0.25, -0.2) is 9.78 Å². The van der Waals surface area contributed by atoms with Crippen molar-refractivity contribution < 1.29 is 9.59 Å². The summed E-state index contributed by atoms with van der Waals surface area (Å²) in [5.74, 6) is -0.596. The van der Waals surface area contributed by atoms with Crippen LogP contribution in [0.1, 0.15) is 15.4 Å². The number of nitrogens with two attached hydrogens (primary N) is 1. The Labute approximate surface area is 126 Å². The van der Waals surface area contributed by atoms with Crippen molar-refractivity contribution in [3.05, 3.63) is 46.4 Å². The lowest BCUT2D eigenvalue weighted by molar-refractivity contribution is 0.0995. The molecular formula is C14H16N4O2S. The summed E-state index contributed by atoms with van der Waals surface area (Å²) >= 11 is 1.67. The molecule has 0 aliphatic rings. The lowest BCUT2D eigenvalue weighted by Gasteiger charge is -2.17. The molecule has 0 saturated carbocycles. The summed E-state index contributed by atoms with van der Waals surface area (Å²) < 4.78 is 0. The number of likely N-dealkylation sites (N-methyl/N-ethyl adjacent to an activating group) is 1. The van der Waals surface area contributed by atoms with Gasteiger partial charge in [0, 0.05) is 18.5 Å². The number of pyridine rings is 1. The molecule has 0 atom stereocenters. The van der Waals surface area contributed by atoms with Gasteiger partial charge in [0.2, 0.25) is 0 Å². The third-order valence-corrected chi connectivity index (χ3v) is 3.82. The molecule has 0 radical (unpaired) electrons.